The van der Waals surface area contributed by atoms with Crippen LogP contribution in [-0.4, -0.2) is 42.0 Å². The van der Waals surface area contributed by atoms with Crippen LogP contribution in [0.1, 0.15) is 19.3 Å². The van der Waals surface area contributed by atoms with Crippen LogP contribution in [0.3, 0.4) is 0 Å². The molecule has 104 valence electrons. The normalized spacial score (nSPS) is 23.8. The third kappa shape index (κ3) is 2.98. The van der Waals surface area contributed by atoms with E-state index in [2.05, 4.69) is 4.90 Å². The van der Waals surface area contributed by atoms with Gasteiger partial charge in [-0.25, -0.2) is 4.79 Å². The van der Waals surface area contributed by atoms with Crippen molar-refractivity contribution in [2.45, 2.75) is 24.9 Å². The molecule has 0 bridgehead atoms. The van der Waals surface area contributed by atoms with E-state index in [-0.39, 0.29) is 6.42 Å². The van der Waals surface area contributed by atoms with Crippen molar-refractivity contribution >= 4 is 11.7 Å². The van der Waals surface area contributed by atoms with E-state index < -0.39 is 11.6 Å². The Kier molecular flexibility index (Phi) is 3.95. The van der Waals surface area contributed by atoms with Gasteiger partial charge in [-0.05, 0) is 25.0 Å². The van der Waals surface area contributed by atoms with Gasteiger partial charge in [-0.2, -0.15) is 0 Å². The number of hydrogen-bond acceptors (Lipinski definition) is 4. The minimum Gasteiger partial charge on any atom is -0.497 e. The summed E-state index contributed by atoms with van der Waals surface area (Å²) in [5.74, 6) is -0.352. The van der Waals surface area contributed by atoms with Crippen molar-refractivity contribution in [2.24, 2.45) is 0 Å². The lowest BCUT2D eigenvalue weighted by Gasteiger charge is -2.24. The first-order chi connectivity index (χ1) is 9.05. The Bertz CT molecular complexity index is 463. The maximum Gasteiger partial charge on any atom is 0.335 e. The number of methoxy groups -OCH3 is 1. The van der Waals surface area contributed by atoms with Crippen molar-refractivity contribution in [3.8, 4) is 5.75 Å². The Labute approximate surface area is 112 Å². The van der Waals surface area contributed by atoms with Crippen molar-refractivity contribution in [2.75, 3.05) is 25.1 Å². The lowest BCUT2D eigenvalue weighted by atomic mass is 9.95. The van der Waals surface area contributed by atoms with Gasteiger partial charge in [-0.3, -0.25) is 0 Å². The minimum absolute atomic E-state index is 0.236. The fourth-order valence-electron chi connectivity index (χ4n) is 2.40. The first-order valence-corrected chi connectivity index (χ1v) is 6.40. The number of ether oxygens (including phenoxy) is 1. The van der Waals surface area contributed by atoms with Gasteiger partial charge < -0.3 is 19.8 Å². The molecule has 0 aliphatic carbocycles. The summed E-state index contributed by atoms with van der Waals surface area (Å²) in [4.78, 5) is 13.2. The molecule has 0 saturated carbocycles. The predicted molar refractivity (Wildman–Crippen MR) is 71.6 cm³/mol. The number of nitrogens with zero attached hydrogens (tertiary/aromatic N) is 1. The Morgan fingerprint density at radius 1 is 1.37 bits per heavy atom. The summed E-state index contributed by atoms with van der Waals surface area (Å²) in [5.41, 5.74) is -0.595. The number of rotatable bonds is 3. The summed E-state index contributed by atoms with van der Waals surface area (Å²) in [6, 6.07) is 7.66. The highest BCUT2D eigenvalue weighted by Crippen LogP contribution is 2.27. The molecule has 5 heteroatoms. The molecule has 2 rings (SSSR count). The molecule has 1 aromatic carbocycles. The van der Waals surface area contributed by atoms with Gasteiger partial charge in [0, 0.05) is 31.3 Å². The molecule has 1 heterocycles. The van der Waals surface area contributed by atoms with Gasteiger partial charge in [0.1, 0.15) is 5.75 Å². The molecule has 1 aliphatic heterocycles. The zero-order valence-corrected chi connectivity index (χ0v) is 11.0. The lowest BCUT2D eigenvalue weighted by molar-refractivity contribution is -0.159. The number of carboxylic acids is 1. The maximum absolute atomic E-state index is 11.1. The van der Waals surface area contributed by atoms with Crippen LogP contribution in [0.15, 0.2) is 24.3 Å². The second-order valence-corrected chi connectivity index (χ2v) is 4.88. The van der Waals surface area contributed by atoms with Gasteiger partial charge in [0.05, 0.1) is 7.11 Å². The number of carbonyl (C=O) groups is 1. The average Bonchev–Trinajstić information content (AvgIpc) is 2.62. The molecule has 5 nitrogen and oxygen atoms in total. The van der Waals surface area contributed by atoms with Gasteiger partial charge in [0.15, 0.2) is 5.60 Å². The third-order valence-electron chi connectivity index (χ3n) is 3.63. The molecule has 1 unspecified atom stereocenters. The SMILES string of the molecule is COc1cccc(N2CCCC(O)(C(=O)O)CC2)c1. The van der Waals surface area contributed by atoms with Crippen LogP contribution in [0.2, 0.25) is 0 Å². The summed E-state index contributed by atoms with van der Waals surface area (Å²) < 4.78 is 5.19. The van der Waals surface area contributed by atoms with E-state index in [1.165, 1.54) is 0 Å². The van der Waals surface area contributed by atoms with E-state index in [0.717, 1.165) is 18.0 Å². The second-order valence-electron chi connectivity index (χ2n) is 4.88. The molecule has 1 fully saturated rings. The Morgan fingerprint density at radius 2 is 2.16 bits per heavy atom. The summed E-state index contributed by atoms with van der Waals surface area (Å²) in [7, 11) is 1.62. The van der Waals surface area contributed by atoms with E-state index in [1.807, 2.05) is 24.3 Å². The van der Waals surface area contributed by atoms with E-state index in [1.54, 1.807) is 7.11 Å². The van der Waals surface area contributed by atoms with Gasteiger partial charge in [0.25, 0.3) is 0 Å². The molecular formula is C14H19NO4. The van der Waals surface area contributed by atoms with Crippen molar-refractivity contribution in [1.29, 1.82) is 0 Å². The smallest absolute Gasteiger partial charge is 0.335 e. The van der Waals surface area contributed by atoms with Crippen molar-refractivity contribution < 1.29 is 19.7 Å². The summed E-state index contributed by atoms with van der Waals surface area (Å²) in [6.07, 6.45) is 1.18. The number of aliphatic carboxylic acids is 1. The number of anilines is 1. The van der Waals surface area contributed by atoms with Crippen LogP contribution < -0.4 is 9.64 Å². The van der Waals surface area contributed by atoms with Gasteiger partial charge >= 0.3 is 5.97 Å². The topological polar surface area (TPSA) is 70.0 Å². The Hall–Kier alpha value is -1.75. The standard InChI is InChI=1S/C14H19NO4/c1-19-12-5-2-4-11(10-12)15-8-3-6-14(18,7-9-15)13(16)17/h2,4-5,10,18H,3,6-9H2,1H3,(H,16,17). The molecular weight excluding hydrogens is 246 g/mol. The fraction of sp³-hybridized carbons (Fsp3) is 0.500. The quantitative estimate of drug-likeness (QED) is 0.866. The van der Waals surface area contributed by atoms with E-state index in [0.29, 0.717) is 19.4 Å². The predicted octanol–water partition coefficient (Wildman–Crippen LogP) is 1.50. The monoisotopic (exact) mass is 265 g/mol. The van der Waals surface area contributed by atoms with Crippen LogP contribution in [0.5, 0.6) is 5.75 Å². The first kappa shape index (κ1) is 13.7. The summed E-state index contributed by atoms with van der Waals surface area (Å²) >= 11 is 0. The van der Waals surface area contributed by atoms with Crippen molar-refractivity contribution in [1.82, 2.24) is 0 Å². The molecule has 0 spiro atoms. The lowest BCUT2D eigenvalue weighted by Crippen LogP contribution is -2.39. The molecule has 19 heavy (non-hydrogen) atoms. The molecule has 2 N–H and O–H groups in total. The largest absolute Gasteiger partial charge is 0.497 e. The highest BCUT2D eigenvalue weighted by Gasteiger charge is 2.37. The van der Waals surface area contributed by atoms with Crippen LogP contribution in [-0.2, 0) is 4.79 Å². The zero-order valence-electron chi connectivity index (χ0n) is 11.0. The maximum atomic E-state index is 11.1. The van der Waals surface area contributed by atoms with Gasteiger partial charge in [-0.15, -0.1) is 0 Å². The van der Waals surface area contributed by atoms with Gasteiger partial charge in [-0.1, -0.05) is 6.07 Å². The highest BCUT2D eigenvalue weighted by molar-refractivity contribution is 5.77. The molecule has 0 radical (unpaired) electrons. The summed E-state index contributed by atoms with van der Waals surface area (Å²) in [5, 5.41) is 19.1. The Balaban J connectivity index is 2.12. The number of hydrogen-bond donors (Lipinski definition) is 2. The number of carboxylic acid groups (broad SMARTS) is 1. The van der Waals surface area contributed by atoms with E-state index in [4.69, 9.17) is 9.84 Å². The van der Waals surface area contributed by atoms with Crippen LogP contribution in [0, 0.1) is 0 Å². The van der Waals surface area contributed by atoms with Crippen LogP contribution >= 0.6 is 0 Å². The third-order valence-corrected chi connectivity index (χ3v) is 3.63. The zero-order chi connectivity index (χ0) is 13.9. The highest BCUT2D eigenvalue weighted by atomic mass is 16.5. The van der Waals surface area contributed by atoms with Crippen LogP contribution in [0.4, 0.5) is 5.69 Å². The van der Waals surface area contributed by atoms with Crippen LogP contribution in [0.25, 0.3) is 0 Å². The summed E-state index contributed by atoms with van der Waals surface area (Å²) in [6.45, 7) is 1.26. The van der Waals surface area contributed by atoms with Crippen molar-refractivity contribution in [3.63, 3.8) is 0 Å². The molecule has 0 amide bonds. The molecule has 1 saturated heterocycles. The van der Waals surface area contributed by atoms with E-state index >= 15 is 0 Å². The fourth-order valence-corrected chi connectivity index (χ4v) is 2.40. The van der Waals surface area contributed by atoms with E-state index in [9.17, 15) is 9.90 Å². The van der Waals surface area contributed by atoms with Crippen molar-refractivity contribution in [3.05, 3.63) is 24.3 Å². The molecule has 1 atom stereocenters. The Morgan fingerprint density at radius 3 is 2.84 bits per heavy atom. The molecule has 1 aliphatic rings. The number of aliphatic hydroxyl groups is 1. The first-order valence-electron chi connectivity index (χ1n) is 6.40. The minimum atomic E-state index is -1.59. The number of benzene rings is 1. The molecule has 0 aromatic heterocycles. The molecule has 1 aromatic rings. The van der Waals surface area contributed by atoms with Gasteiger partial charge in [0.2, 0.25) is 0 Å². The second kappa shape index (κ2) is 5.48. The average molecular weight is 265 g/mol.